The van der Waals surface area contributed by atoms with E-state index in [4.69, 9.17) is 10.5 Å². The number of nitrogens with zero attached hydrogens (tertiary/aromatic N) is 1. The number of hydrogen-bond donors (Lipinski definition) is 2. The summed E-state index contributed by atoms with van der Waals surface area (Å²) in [5, 5.41) is 1.79. The van der Waals surface area contributed by atoms with Gasteiger partial charge >= 0.3 is 12.0 Å². The van der Waals surface area contributed by atoms with Crippen molar-refractivity contribution in [3.05, 3.63) is 35.6 Å². The van der Waals surface area contributed by atoms with Crippen LogP contribution in [0.1, 0.15) is 23.2 Å². The minimum Gasteiger partial charge on any atom is -0.455 e. The van der Waals surface area contributed by atoms with E-state index in [0.717, 1.165) is 0 Å². The van der Waals surface area contributed by atoms with Crippen molar-refractivity contribution in [2.75, 3.05) is 19.7 Å². The summed E-state index contributed by atoms with van der Waals surface area (Å²) in [4.78, 5) is 47.5. The standard InChI is InChI=1S/C16H18FN3O5/c17-12-3-1-10(2-4-12)14(22)20-7-5-11(6-8-20)15(23)25-9-13(21)19-16(18)24/h1-4,11H,5-9H2,(H3,18,19,21,24). The van der Waals surface area contributed by atoms with Crippen LogP contribution in [-0.4, -0.2) is 48.4 Å². The molecule has 1 aliphatic heterocycles. The molecule has 1 aromatic carbocycles. The van der Waals surface area contributed by atoms with Gasteiger partial charge in [-0.05, 0) is 37.1 Å². The van der Waals surface area contributed by atoms with Crippen LogP contribution >= 0.6 is 0 Å². The zero-order chi connectivity index (χ0) is 18.4. The van der Waals surface area contributed by atoms with Crippen molar-refractivity contribution >= 4 is 23.8 Å². The van der Waals surface area contributed by atoms with Crippen LogP contribution in [0, 0.1) is 11.7 Å². The van der Waals surface area contributed by atoms with Gasteiger partial charge in [0.1, 0.15) is 5.82 Å². The molecule has 0 saturated carbocycles. The van der Waals surface area contributed by atoms with Gasteiger partial charge in [-0.15, -0.1) is 0 Å². The molecule has 134 valence electrons. The van der Waals surface area contributed by atoms with E-state index in [9.17, 15) is 23.6 Å². The highest BCUT2D eigenvalue weighted by molar-refractivity contribution is 5.95. The van der Waals surface area contributed by atoms with Gasteiger partial charge in [-0.3, -0.25) is 19.7 Å². The number of nitrogens with one attached hydrogen (secondary N) is 1. The molecule has 4 amide bonds. The first-order valence-electron chi connectivity index (χ1n) is 7.67. The van der Waals surface area contributed by atoms with Crippen LogP contribution in [0.3, 0.4) is 0 Å². The highest BCUT2D eigenvalue weighted by Crippen LogP contribution is 2.20. The molecule has 3 N–H and O–H groups in total. The number of benzene rings is 1. The number of rotatable bonds is 4. The molecule has 0 unspecified atom stereocenters. The maximum absolute atomic E-state index is 12.9. The lowest BCUT2D eigenvalue weighted by Gasteiger charge is -2.31. The number of nitrogens with two attached hydrogens (primary N) is 1. The highest BCUT2D eigenvalue weighted by Gasteiger charge is 2.29. The van der Waals surface area contributed by atoms with Crippen LogP contribution in [0.15, 0.2) is 24.3 Å². The fourth-order valence-corrected chi connectivity index (χ4v) is 2.52. The number of primary amides is 1. The minimum atomic E-state index is -1.02. The van der Waals surface area contributed by atoms with Crippen LogP contribution < -0.4 is 11.1 Å². The molecule has 1 aliphatic rings. The van der Waals surface area contributed by atoms with E-state index >= 15 is 0 Å². The second kappa shape index (κ2) is 8.22. The van der Waals surface area contributed by atoms with Crippen LogP contribution in [0.2, 0.25) is 0 Å². The molecule has 0 radical (unpaired) electrons. The lowest BCUT2D eigenvalue weighted by atomic mass is 9.96. The zero-order valence-corrected chi connectivity index (χ0v) is 13.4. The van der Waals surface area contributed by atoms with Crippen LogP contribution in [0.5, 0.6) is 0 Å². The second-order valence-corrected chi connectivity index (χ2v) is 5.59. The molecule has 8 nitrogen and oxygen atoms in total. The van der Waals surface area contributed by atoms with Gasteiger partial charge < -0.3 is 15.4 Å². The van der Waals surface area contributed by atoms with Crippen molar-refractivity contribution in [2.45, 2.75) is 12.8 Å². The third-order valence-corrected chi connectivity index (χ3v) is 3.81. The average molecular weight is 351 g/mol. The Kier molecular flexibility index (Phi) is 6.04. The number of amides is 4. The number of carbonyl (C=O) groups is 4. The molecule has 0 spiro atoms. The first-order chi connectivity index (χ1) is 11.9. The van der Waals surface area contributed by atoms with Crippen molar-refractivity contribution in [3.63, 3.8) is 0 Å². The predicted molar refractivity (Wildman–Crippen MR) is 83.7 cm³/mol. The molecule has 1 heterocycles. The van der Waals surface area contributed by atoms with Gasteiger partial charge in [0.25, 0.3) is 11.8 Å². The Hall–Kier alpha value is -2.97. The zero-order valence-electron chi connectivity index (χ0n) is 13.4. The van der Waals surface area contributed by atoms with Crippen LogP contribution in [0.25, 0.3) is 0 Å². The fraction of sp³-hybridized carbons (Fsp3) is 0.375. The number of esters is 1. The van der Waals surface area contributed by atoms with Gasteiger partial charge in [-0.1, -0.05) is 0 Å². The summed E-state index contributed by atoms with van der Waals surface area (Å²) in [6.07, 6.45) is 0.784. The molecule has 0 atom stereocenters. The van der Waals surface area contributed by atoms with Gasteiger partial charge in [0, 0.05) is 18.7 Å². The number of halogens is 1. The molecule has 0 aliphatic carbocycles. The third-order valence-electron chi connectivity index (χ3n) is 3.81. The molecular weight excluding hydrogens is 333 g/mol. The summed E-state index contributed by atoms with van der Waals surface area (Å²) in [6.45, 7) is 0.114. The van der Waals surface area contributed by atoms with Crippen LogP contribution in [0.4, 0.5) is 9.18 Å². The molecule has 1 aromatic rings. The monoisotopic (exact) mass is 351 g/mol. The lowest BCUT2D eigenvalue weighted by molar-refractivity contribution is -0.153. The van der Waals surface area contributed by atoms with Gasteiger partial charge in [0.2, 0.25) is 0 Å². The number of likely N-dealkylation sites (tertiary alicyclic amines) is 1. The van der Waals surface area contributed by atoms with E-state index in [1.807, 2.05) is 0 Å². The lowest BCUT2D eigenvalue weighted by Crippen LogP contribution is -2.42. The number of piperidine rings is 1. The summed E-state index contributed by atoms with van der Waals surface area (Å²) < 4.78 is 17.7. The molecule has 1 saturated heterocycles. The summed E-state index contributed by atoms with van der Waals surface area (Å²) in [6, 6.07) is 4.24. The number of ether oxygens (including phenoxy) is 1. The normalized spacial score (nSPS) is 14.7. The van der Waals surface area contributed by atoms with E-state index in [2.05, 4.69) is 0 Å². The first kappa shape index (κ1) is 18.4. The topological polar surface area (TPSA) is 119 Å². The minimum absolute atomic E-state index is 0.229. The van der Waals surface area contributed by atoms with E-state index in [0.29, 0.717) is 31.5 Å². The predicted octanol–water partition coefficient (Wildman–Crippen LogP) is 0.416. The van der Waals surface area contributed by atoms with E-state index in [1.165, 1.54) is 24.3 Å². The second-order valence-electron chi connectivity index (χ2n) is 5.59. The van der Waals surface area contributed by atoms with Crippen molar-refractivity contribution < 1.29 is 28.3 Å². The Morgan fingerprint density at radius 3 is 2.32 bits per heavy atom. The van der Waals surface area contributed by atoms with Gasteiger partial charge in [0.05, 0.1) is 5.92 Å². The fourth-order valence-electron chi connectivity index (χ4n) is 2.52. The molecule has 2 rings (SSSR count). The molecule has 9 heteroatoms. The van der Waals surface area contributed by atoms with Crippen molar-refractivity contribution in [1.29, 1.82) is 0 Å². The molecular formula is C16H18FN3O5. The third kappa shape index (κ3) is 5.27. The maximum Gasteiger partial charge on any atom is 0.318 e. The molecule has 0 aromatic heterocycles. The van der Waals surface area contributed by atoms with Gasteiger partial charge in [-0.2, -0.15) is 0 Å². The largest absolute Gasteiger partial charge is 0.455 e. The molecule has 0 bridgehead atoms. The summed E-state index contributed by atoms with van der Waals surface area (Å²) in [7, 11) is 0. The Morgan fingerprint density at radius 2 is 1.76 bits per heavy atom. The van der Waals surface area contributed by atoms with Gasteiger partial charge in [0.15, 0.2) is 6.61 Å². The van der Waals surface area contributed by atoms with E-state index in [1.54, 1.807) is 10.2 Å². The van der Waals surface area contributed by atoms with Crippen molar-refractivity contribution in [1.82, 2.24) is 10.2 Å². The Bertz CT molecular complexity index is 669. The Balaban J connectivity index is 1.79. The summed E-state index contributed by atoms with van der Waals surface area (Å²) in [5.74, 6) is -2.44. The first-order valence-corrected chi connectivity index (χ1v) is 7.67. The summed E-state index contributed by atoms with van der Waals surface area (Å²) >= 11 is 0. The maximum atomic E-state index is 12.9. The molecule has 25 heavy (non-hydrogen) atoms. The van der Waals surface area contributed by atoms with Gasteiger partial charge in [-0.25, -0.2) is 9.18 Å². The quantitative estimate of drug-likeness (QED) is 0.762. The molecule has 1 fully saturated rings. The van der Waals surface area contributed by atoms with Crippen LogP contribution in [-0.2, 0) is 14.3 Å². The van der Waals surface area contributed by atoms with E-state index < -0.39 is 36.2 Å². The number of urea groups is 1. The smallest absolute Gasteiger partial charge is 0.318 e. The highest BCUT2D eigenvalue weighted by atomic mass is 19.1. The number of carbonyl (C=O) groups excluding carboxylic acids is 4. The average Bonchev–Trinajstić information content (AvgIpc) is 2.59. The van der Waals surface area contributed by atoms with Crippen molar-refractivity contribution in [2.24, 2.45) is 11.7 Å². The number of imide groups is 1. The van der Waals surface area contributed by atoms with Crippen molar-refractivity contribution in [3.8, 4) is 0 Å². The van der Waals surface area contributed by atoms with E-state index in [-0.39, 0.29) is 5.91 Å². The summed E-state index contributed by atoms with van der Waals surface area (Å²) in [5.41, 5.74) is 5.15. The SMILES string of the molecule is NC(=O)NC(=O)COC(=O)C1CCN(C(=O)c2ccc(F)cc2)CC1. The Labute approximate surface area is 143 Å². The Morgan fingerprint density at radius 1 is 1.16 bits per heavy atom. The number of hydrogen-bond acceptors (Lipinski definition) is 5.